The number of hydrogen-bond donors (Lipinski definition) is 6. The van der Waals surface area contributed by atoms with E-state index < -0.39 is 47.9 Å². The molecule has 0 rings (SSSR count). The van der Waals surface area contributed by atoms with Gasteiger partial charge in [-0.25, -0.2) is 4.79 Å². The number of nitrogens with one attached hydrogen (secondary N) is 3. The summed E-state index contributed by atoms with van der Waals surface area (Å²) in [6.07, 6.45) is 4.05. The van der Waals surface area contributed by atoms with Crippen molar-refractivity contribution in [2.75, 3.05) is 18.6 Å². The van der Waals surface area contributed by atoms with Gasteiger partial charge in [-0.1, -0.05) is 34.1 Å². The molecule has 0 aromatic heterocycles. The molecule has 10 nitrogen and oxygen atoms in total. The van der Waals surface area contributed by atoms with Gasteiger partial charge < -0.3 is 32.5 Å². The first kappa shape index (κ1) is 30.1. The number of carboxylic acids is 1. The van der Waals surface area contributed by atoms with Gasteiger partial charge in [-0.2, -0.15) is 11.8 Å². The molecule has 4 unspecified atom stereocenters. The van der Waals surface area contributed by atoms with Crippen molar-refractivity contribution in [2.24, 2.45) is 23.3 Å². The average Bonchev–Trinajstić information content (AvgIpc) is 2.71. The SMILES string of the molecule is CSCCC(NC(=O)C(NC(=O)C(NC(=O)C(N)CCCCN)C(C)C)C(C)C)C(=O)O. The van der Waals surface area contributed by atoms with Crippen LogP contribution >= 0.6 is 11.8 Å². The number of carbonyl (C=O) groups excluding carboxylic acids is 3. The summed E-state index contributed by atoms with van der Waals surface area (Å²) < 4.78 is 0. The topological polar surface area (TPSA) is 177 Å². The summed E-state index contributed by atoms with van der Waals surface area (Å²) >= 11 is 1.48. The number of nitrogens with two attached hydrogens (primary N) is 2. The highest BCUT2D eigenvalue weighted by atomic mass is 32.2. The summed E-state index contributed by atoms with van der Waals surface area (Å²) in [4.78, 5) is 49.6. The Morgan fingerprint density at radius 1 is 0.844 bits per heavy atom. The van der Waals surface area contributed by atoms with Crippen LogP contribution in [-0.4, -0.2) is 71.5 Å². The summed E-state index contributed by atoms with van der Waals surface area (Å²) in [6, 6.07) is -3.63. The Hall–Kier alpha value is -1.85. The van der Waals surface area contributed by atoms with Crippen LogP contribution in [0.1, 0.15) is 53.4 Å². The lowest BCUT2D eigenvalue weighted by atomic mass is 9.98. The standard InChI is InChI=1S/C21H41N5O5S/c1-12(2)16(19(28)24-15(21(30)31)9-11-32-5)26-20(29)17(13(3)4)25-18(27)14(23)8-6-7-10-22/h12-17H,6-11,22-23H2,1-5H3,(H,24,28)(H,25,27)(H,26,29)(H,30,31). The summed E-state index contributed by atoms with van der Waals surface area (Å²) in [5, 5.41) is 17.2. The van der Waals surface area contributed by atoms with Gasteiger partial charge in [0.25, 0.3) is 0 Å². The van der Waals surface area contributed by atoms with E-state index in [1.165, 1.54) is 11.8 Å². The normalized spacial score (nSPS) is 15.0. The molecule has 0 heterocycles. The van der Waals surface area contributed by atoms with E-state index in [0.29, 0.717) is 25.1 Å². The molecule has 186 valence electrons. The molecule has 0 saturated heterocycles. The minimum atomic E-state index is -1.13. The van der Waals surface area contributed by atoms with Gasteiger partial charge in [-0.15, -0.1) is 0 Å². The number of amides is 3. The highest BCUT2D eigenvalue weighted by Crippen LogP contribution is 2.09. The summed E-state index contributed by atoms with van der Waals surface area (Å²) in [6.45, 7) is 7.57. The third-order valence-corrected chi connectivity index (χ3v) is 5.67. The fourth-order valence-electron chi connectivity index (χ4n) is 2.97. The molecule has 0 aliphatic rings. The van der Waals surface area contributed by atoms with Gasteiger partial charge in [-0.05, 0) is 49.7 Å². The van der Waals surface area contributed by atoms with Gasteiger partial charge in [0.1, 0.15) is 18.1 Å². The van der Waals surface area contributed by atoms with Crippen LogP contribution in [0.4, 0.5) is 0 Å². The molecule has 32 heavy (non-hydrogen) atoms. The first-order chi connectivity index (χ1) is 15.0. The van der Waals surface area contributed by atoms with Crippen LogP contribution in [0.3, 0.4) is 0 Å². The Morgan fingerprint density at radius 3 is 1.78 bits per heavy atom. The zero-order chi connectivity index (χ0) is 24.8. The number of rotatable bonds is 16. The van der Waals surface area contributed by atoms with Crippen LogP contribution in [0.5, 0.6) is 0 Å². The Balaban J connectivity index is 5.21. The smallest absolute Gasteiger partial charge is 0.326 e. The molecule has 11 heteroatoms. The zero-order valence-corrected chi connectivity index (χ0v) is 20.7. The van der Waals surface area contributed by atoms with Gasteiger partial charge in [0.05, 0.1) is 6.04 Å². The molecule has 4 atom stereocenters. The van der Waals surface area contributed by atoms with Crippen molar-refractivity contribution in [3.8, 4) is 0 Å². The number of carboxylic acid groups (broad SMARTS) is 1. The van der Waals surface area contributed by atoms with Crippen LogP contribution < -0.4 is 27.4 Å². The van der Waals surface area contributed by atoms with Gasteiger partial charge in [0, 0.05) is 0 Å². The number of hydrogen-bond acceptors (Lipinski definition) is 7. The molecule has 0 aliphatic carbocycles. The number of thioether (sulfide) groups is 1. The van der Waals surface area contributed by atoms with E-state index in [2.05, 4.69) is 16.0 Å². The van der Waals surface area contributed by atoms with Crippen molar-refractivity contribution in [3.05, 3.63) is 0 Å². The highest BCUT2D eigenvalue weighted by molar-refractivity contribution is 7.98. The molecule has 0 aliphatic heterocycles. The highest BCUT2D eigenvalue weighted by Gasteiger charge is 2.32. The summed E-state index contributed by atoms with van der Waals surface area (Å²) in [7, 11) is 0. The maximum absolute atomic E-state index is 12.9. The lowest BCUT2D eigenvalue weighted by molar-refractivity contribution is -0.142. The molecule has 0 aromatic carbocycles. The fourth-order valence-corrected chi connectivity index (χ4v) is 3.44. The van der Waals surface area contributed by atoms with Gasteiger partial charge in [0.15, 0.2) is 0 Å². The number of carbonyl (C=O) groups is 4. The minimum Gasteiger partial charge on any atom is -0.480 e. The van der Waals surface area contributed by atoms with Gasteiger partial charge in [-0.3, -0.25) is 14.4 Å². The molecule has 0 bridgehead atoms. The first-order valence-electron chi connectivity index (χ1n) is 11.0. The van der Waals surface area contributed by atoms with Crippen LogP contribution in [0.25, 0.3) is 0 Å². The third kappa shape index (κ3) is 11.1. The second kappa shape index (κ2) is 15.9. The molecule has 0 saturated carbocycles. The molecular weight excluding hydrogens is 434 g/mol. The monoisotopic (exact) mass is 475 g/mol. The first-order valence-corrected chi connectivity index (χ1v) is 12.4. The zero-order valence-electron chi connectivity index (χ0n) is 19.8. The second-order valence-electron chi connectivity index (χ2n) is 8.53. The maximum atomic E-state index is 12.9. The number of unbranched alkanes of at least 4 members (excludes halogenated alkanes) is 1. The van der Waals surface area contributed by atoms with Crippen molar-refractivity contribution in [1.29, 1.82) is 0 Å². The molecule has 3 amide bonds. The van der Waals surface area contributed by atoms with E-state index in [9.17, 15) is 24.3 Å². The summed E-state index contributed by atoms with van der Waals surface area (Å²) in [5.74, 6) is -2.64. The quantitative estimate of drug-likeness (QED) is 0.170. The second-order valence-corrected chi connectivity index (χ2v) is 9.52. The van der Waals surface area contributed by atoms with Crippen molar-refractivity contribution in [3.63, 3.8) is 0 Å². The fraction of sp³-hybridized carbons (Fsp3) is 0.810. The van der Waals surface area contributed by atoms with Crippen molar-refractivity contribution >= 4 is 35.5 Å². The molecule has 0 aromatic rings. The van der Waals surface area contributed by atoms with E-state index in [0.717, 1.165) is 6.42 Å². The van der Waals surface area contributed by atoms with E-state index in [1.54, 1.807) is 27.7 Å². The van der Waals surface area contributed by atoms with E-state index in [1.807, 2.05) is 6.26 Å². The van der Waals surface area contributed by atoms with Crippen molar-refractivity contribution in [2.45, 2.75) is 77.5 Å². The van der Waals surface area contributed by atoms with Gasteiger partial charge >= 0.3 is 5.97 Å². The Labute approximate surface area is 195 Å². The van der Waals surface area contributed by atoms with E-state index in [-0.39, 0.29) is 18.3 Å². The molecule has 0 spiro atoms. The van der Waals surface area contributed by atoms with Crippen LogP contribution in [0.2, 0.25) is 0 Å². The van der Waals surface area contributed by atoms with E-state index >= 15 is 0 Å². The minimum absolute atomic E-state index is 0.251. The number of aliphatic carboxylic acids is 1. The molecule has 0 radical (unpaired) electrons. The molecule has 8 N–H and O–H groups in total. The molecule has 0 fully saturated rings. The maximum Gasteiger partial charge on any atom is 0.326 e. The lowest BCUT2D eigenvalue weighted by Crippen LogP contribution is -2.59. The Kier molecular flexibility index (Phi) is 15.0. The Bertz CT molecular complexity index is 617. The predicted molar refractivity (Wildman–Crippen MR) is 127 cm³/mol. The average molecular weight is 476 g/mol. The van der Waals surface area contributed by atoms with Crippen LogP contribution in [0, 0.1) is 11.8 Å². The van der Waals surface area contributed by atoms with Gasteiger partial charge in [0.2, 0.25) is 17.7 Å². The largest absolute Gasteiger partial charge is 0.480 e. The van der Waals surface area contributed by atoms with Crippen LogP contribution in [0.15, 0.2) is 0 Å². The van der Waals surface area contributed by atoms with Crippen molar-refractivity contribution < 1.29 is 24.3 Å². The van der Waals surface area contributed by atoms with Crippen LogP contribution in [-0.2, 0) is 19.2 Å². The lowest BCUT2D eigenvalue weighted by Gasteiger charge is -2.28. The third-order valence-electron chi connectivity index (χ3n) is 5.03. The van der Waals surface area contributed by atoms with E-state index in [4.69, 9.17) is 11.5 Å². The Morgan fingerprint density at radius 2 is 1.34 bits per heavy atom. The van der Waals surface area contributed by atoms with Crippen molar-refractivity contribution in [1.82, 2.24) is 16.0 Å². The molecular formula is C21H41N5O5S. The summed E-state index contributed by atoms with van der Waals surface area (Å²) in [5.41, 5.74) is 11.4. The predicted octanol–water partition coefficient (Wildman–Crippen LogP) is 0.0468.